The first kappa shape index (κ1) is 19.3. The highest BCUT2D eigenvalue weighted by atomic mass is 16.2. The van der Waals surface area contributed by atoms with E-state index in [2.05, 4.69) is 17.3 Å². The SMILES string of the molecule is CN1CCC(N(C)/C=C(/C#N)C(=O)NCCCN2CCCC2=O)CC1. The van der Waals surface area contributed by atoms with Crippen LogP contribution in [0.5, 0.6) is 0 Å². The van der Waals surface area contributed by atoms with Crippen molar-refractivity contribution in [3.63, 3.8) is 0 Å². The predicted octanol–water partition coefficient (Wildman–Crippen LogP) is 0.549. The Bertz CT molecular complexity index is 546. The molecular weight excluding hydrogens is 318 g/mol. The second kappa shape index (κ2) is 9.42. The third-order valence-corrected chi connectivity index (χ3v) is 5.02. The maximum absolute atomic E-state index is 12.2. The molecule has 2 rings (SSSR count). The molecule has 0 aromatic heterocycles. The average Bonchev–Trinajstić information content (AvgIpc) is 3.01. The molecule has 2 fully saturated rings. The Kier molecular flexibility index (Phi) is 7.26. The Labute approximate surface area is 150 Å². The first-order valence-electron chi connectivity index (χ1n) is 9.09. The zero-order chi connectivity index (χ0) is 18.2. The maximum Gasteiger partial charge on any atom is 0.263 e. The smallest absolute Gasteiger partial charge is 0.263 e. The van der Waals surface area contributed by atoms with Crippen molar-refractivity contribution in [2.24, 2.45) is 0 Å². The first-order chi connectivity index (χ1) is 12.0. The number of rotatable bonds is 7. The molecule has 0 atom stereocenters. The molecule has 138 valence electrons. The molecule has 2 heterocycles. The first-order valence-corrected chi connectivity index (χ1v) is 9.09. The van der Waals surface area contributed by atoms with Crippen molar-refractivity contribution < 1.29 is 9.59 Å². The normalized spacial score (nSPS) is 19.8. The minimum absolute atomic E-state index is 0.138. The van der Waals surface area contributed by atoms with E-state index in [9.17, 15) is 14.9 Å². The van der Waals surface area contributed by atoms with E-state index in [1.807, 2.05) is 22.9 Å². The fourth-order valence-corrected chi connectivity index (χ4v) is 3.36. The van der Waals surface area contributed by atoms with Gasteiger partial charge in [0.25, 0.3) is 5.91 Å². The van der Waals surface area contributed by atoms with E-state index in [-0.39, 0.29) is 17.4 Å². The van der Waals surface area contributed by atoms with Gasteiger partial charge >= 0.3 is 0 Å². The second-order valence-corrected chi connectivity index (χ2v) is 6.95. The number of nitrogens with one attached hydrogen (secondary N) is 1. The molecular formula is C18H29N5O2. The molecule has 0 saturated carbocycles. The fraction of sp³-hybridized carbons (Fsp3) is 0.722. The van der Waals surface area contributed by atoms with Gasteiger partial charge in [-0.25, -0.2) is 0 Å². The monoisotopic (exact) mass is 347 g/mol. The molecule has 7 heteroatoms. The molecule has 0 spiro atoms. The molecule has 25 heavy (non-hydrogen) atoms. The van der Waals surface area contributed by atoms with Crippen LogP contribution in [-0.2, 0) is 9.59 Å². The zero-order valence-corrected chi connectivity index (χ0v) is 15.3. The standard InChI is InChI=1S/C18H29N5O2/c1-21-11-6-16(7-12-21)22(2)14-15(13-19)18(25)20-8-4-10-23-9-3-5-17(23)24/h14,16H,3-12H2,1-2H3,(H,20,25)/b15-14-. The Balaban J connectivity index is 1.75. The van der Waals surface area contributed by atoms with Gasteiger partial charge in [-0.15, -0.1) is 0 Å². The van der Waals surface area contributed by atoms with Gasteiger partial charge in [-0.3, -0.25) is 9.59 Å². The molecule has 0 aliphatic carbocycles. The van der Waals surface area contributed by atoms with Gasteiger partial charge < -0.3 is 20.0 Å². The lowest BCUT2D eigenvalue weighted by Gasteiger charge is -2.34. The third-order valence-electron chi connectivity index (χ3n) is 5.02. The van der Waals surface area contributed by atoms with Gasteiger partial charge in [0.2, 0.25) is 5.91 Å². The van der Waals surface area contributed by atoms with Crippen molar-refractivity contribution in [1.29, 1.82) is 5.26 Å². The number of nitriles is 1. The van der Waals surface area contributed by atoms with Crippen LogP contribution >= 0.6 is 0 Å². The van der Waals surface area contributed by atoms with Gasteiger partial charge in [0, 0.05) is 45.3 Å². The van der Waals surface area contributed by atoms with E-state index >= 15 is 0 Å². The number of carbonyl (C=O) groups excluding carboxylic acids is 2. The molecule has 2 aliphatic rings. The van der Waals surface area contributed by atoms with Crippen molar-refractivity contribution in [2.75, 3.05) is 46.8 Å². The van der Waals surface area contributed by atoms with E-state index in [1.54, 1.807) is 6.20 Å². The Morgan fingerprint density at radius 2 is 2.12 bits per heavy atom. The van der Waals surface area contributed by atoms with Crippen LogP contribution in [0.2, 0.25) is 0 Å². The van der Waals surface area contributed by atoms with Gasteiger partial charge in [-0.2, -0.15) is 5.26 Å². The number of piperidine rings is 1. The number of nitrogens with zero attached hydrogens (tertiary/aromatic N) is 4. The number of likely N-dealkylation sites (tertiary alicyclic amines) is 2. The molecule has 0 aromatic carbocycles. The van der Waals surface area contributed by atoms with E-state index < -0.39 is 0 Å². The molecule has 7 nitrogen and oxygen atoms in total. The molecule has 0 radical (unpaired) electrons. The van der Waals surface area contributed by atoms with Crippen molar-refractivity contribution in [3.05, 3.63) is 11.8 Å². The van der Waals surface area contributed by atoms with Gasteiger partial charge in [-0.05, 0) is 45.8 Å². The van der Waals surface area contributed by atoms with Crippen LogP contribution in [0.4, 0.5) is 0 Å². The molecule has 2 saturated heterocycles. The summed E-state index contributed by atoms with van der Waals surface area (Å²) in [5.74, 6) is -0.140. The third kappa shape index (κ3) is 5.75. The van der Waals surface area contributed by atoms with Crippen LogP contribution in [0.25, 0.3) is 0 Å². The molecule has 0 unspecified atom stereocenters. The van der Waals surface area contributed by atoms with Crippen LogP contribution in [0.1, 0.15) is 32.1 Å². The summed E-state index contributed by atoms with van der Waals surface area (Å²) in [6, 6.07) is 2.37. The minimum Gasteiger partial charge on any atom is -0.376 e. The highest BCUT2D eigenvalue weighted by Gasteiger charge is 2.21. The lowest BCUT2D eigenvalue weighted by atomic mass is 10.0. The van der Waals surface area contributed by atoms with E-state index in [4.69, 9.17) is 0 Å². The second-order valence-electron chi connectivity index (χ2n) is 6.95. The van der Waals surface area contributed by atoms with Crippen LogP contribution in [0.3, 0.4) is 0 Å². The summed E-state index contributed by atoms with van der Waals surface area (Å²) in [6.45, 7) is 4.02. The maximum atomic E-state index is 12.2. The lowest BCUT2D eigenvalue weighted by Crippen LogP contribution is -2.40. The lowest BCUT2D eigenvalue weighted by molar-refractivity contribution is -0.127. The molecule has 1 N–H and O–H groups in total. The molecule has 0 bridgehead atoms. The van der Waals surface area contributed by atoms with Crippen molar-refractivity contribution in [1.82, 2.24) is 20.0 Å². The van der Waals surface area contributed by atoms with Crippen LogP contribution in [0.15, 0.2) is 11.8 Å². The molecule has 2 aliphatic heterocycles. The van der Waals surface area contributed by atoms with Crippen molar-refractivity contribution in [2.45, 2.75) is 38.1 Å². The molecule has 0 aromatic rings. The van der Waals surface area contributed by atoms with Crippen molar-refractivity contribution >= 4 is 11.8 Å². The quantitative estimate of drug-likeness (QED) is 0.413. The van der Waals surface area contributed by atoms with Gasteiger partial charge in [0.1, 0.15) is 11.6 Å². The average molecular weight is 347 g/mol. The number of hydrogen-bond acceptors (Lipinski definition) is 5. The zero-order valence-electron chi connectivity index (χ0n) is 15.3. The molecule has 2 amide bonds. The van der Waals surface area contributed by atoms with E-state index in [1.165, 1.54) is 0 Å². The Morgan fingerprint density at radius 3 is 2.72 bits per heavy atom. The Morgan fingerprint density at radius 1 is 1.40 bits per heavy atom. The van der Waals surface area contributed by atoms with E-state index in [0.717, 1.165) is 38.9 Å². The van der Waals surface area contributed by atoms with Gasteiger partial charge in [0.15, 0.2) is 0 Å². The number of amides is 2. The van der Waals surface area contributed by atoms with E-state index in [0.29, 0.717) is 32.0 Å². The van der Waals surface area contributed by atoms with Gasteiger partial charge in [-0.1, -0.05) is 0 Å². The summed E-state index contributed by atoms with van der Waals surface area (Å²) in [5, 5.41) is 12.1. The summed E-state index contributed by atoms with van der Waals surface area (Å²) in [4.78, 5) is 29.8. The Hall–Kier alpha value is -2.07. The highest BCUT2D eigenvalue weighted by Crippen LogP contribution is 2.15. The van der Waals surface area contributed by atoms with Crippen LogP contribution in [-0.4, -0.2) is 79.4 Å². The van der Waals surface area contributed by atoms with Crippen LogP contribution < -0.4 is 5.32 Å². The number of carbonyl (C=O) groups is 2. The summed E-state index contributed by atoms with van der Waals surface area (Å²) < 4.78 is 0. The summed E-state index contributed by atoms with van der Waals surface area (Å²) in [5.41, 5.74) is 0.138. The number of hydrogen-bond donors (Lipinski definition) is 1. The van der Waals surface area contributed by atoms with Gasteiger partial charge in [0.05, 0.1) is 0 Å². The highest BCUT2D eigenvalue weighted by molar-refractivity contribution is 5.97. The summed E-state index contributed by atoms with van der Waals surface area (Å²) >= 11 is 0. The summed E-state index contributed by atoms with van der Waals surface area (Å²) in [6.07, 6.45) is 6.00. The largest absolute Gasteiger partial charge is 0.376 e. The topological polar surface area (TPSA) is 79.7 Å². The van der Waals surface area contributed by atoms with Crippen molar-refractivity contribution in [3.8, 4) is 6.07 Å². The summed E-state index contributed by atoms with van der Waals surface area (Å²) in [7, 11) is 4.04. The van der Waals surface area contributed by atoms with Crippen LogP contribution in [0, 0.1) is 11.3 Å². The fourth-order valence-electron chi connectivity index (χ4n) is 3.36. The minimum atomic E-state index is -0.338. The predicted molar refractivity (Wildman–Crippen MR) is 95.4 cm³/mol.